The molecule has 1 heterocycles. The van der Waals surface area contributed by atoms with Crippen LogP contribution in [0, 0.1) is 0 Å². The average Bonchev–Trinajstić information content (AvgIpc) is 2.01. The zero-order valence-electron chi connectivity index (χ0n) is 9.05. The molecule has 0 aromatic heterocycles. The third-order valence-corrected chi connectivity index (χ3v) is 2.48. The zero-order valence-corrected chi connectivity index (χ0v) is 9.05. The zero-order chi connectivity index (χ0) is 11.0. The van der Waals surface area contributed by atoms with Crippen LogP contribution in [0.4, 0.5) is 0 Å². The smallest absolute Gasteiger partial charge is 0.174 e. The van der Waals surface area contributed by atoms with Crippen molar-refractivity contribution in [2.45, 2.75) is 38.4 Å². The Bertz CT molecular complexity index is 269. The van der Waals surface area contributed by atoms with Gasteiger partial charge in [-0.15, -0.1) is 0 Å². The van der Waals surface area contributed by atoms with E-state index in [1.165, 1.54) is 7.11 Å². The van der Waals surface area contributed by atoms with E-state index in [9.17, 15) is 9.59 Å². The first kappa shape index (κ1) is 11.3. The summed E-state index contributed by atoms with van der Waals surface area (Å²) in [5.74, 6) is -0.375. The van der Waals surface area contributed by atoms with Gasteiger partial charge in [-0.25, -0.2) is 0 Å². The maximum Gasteiger partial charge on any atom is 0.174 e. The second-order valence-corrected chi connectivity index (χ2v) is 4.30. The SMILES string of the molecule is COCC1(C)OC(C)(C)C(=O)CC1=O. The van der Waals surface area contributed by atoms with Crippen molar-refractivity contribution in [3.05, 3.63) is 0 Å². The fourth-order valence-corrected chi connectivity index (χ4v) is 1.61. The van der Waals surface area contributed by atoms with Crippen LogP contribution in [0.2, 0.25) is 0 Å². The molecule has 1 atom stereocenters. The monoisotopic (exact) mass is 200 g/mol. The summed E-state index contributed by atoms with van der Waals surface area (Å²) in [6.07, 6.45) is -0.0626. The second-order valence-electron chi connectivity index (χ2n) is 4.30. The lowest BCUT2D eigenvalue weighted by atomic mass is 9.86. The van der Waals surface area contributed by atoms with E-state index in [0.717, 1.165) is 0 Å². The van der Waals surface area contributed by atoms with Crippen molar-refractivity contribution >= 4 is 11.6 Å². The van der Waals surface area contributed by atoms with Crippen molar-refractivity contribution in [2.24, 2.45) is 0 Å². The van der Waals surface area contributed by atoms with Gasteiger partial charge in [0.2, 0.25) is 0 Å². The molecule has 0 amide bonds. The van der Waals surface area contributed by atoms with E-state index < -0.39 is 11.2 Å². The molecular weight excluding hydrogens is 184 g/mol. The molecule has 1 rings (SSSR count). The molecule has 1 saturated heterocycles. The molecule has 1 aliphatic heterocycles. The van der Waals surface area contributed by atoms with Crippen molar-refractivity contribution in [3.8, 4) is 0 Å². The molecule has 0 aromatic rings. The van der Waals surface area contributed by atoms with E-state index in [4.69, 9.17) is 9.47 Å². The molecule has 0 radical (unpaired) electrons. The van der Waals surface area contributed by atoms with Crippen molar-refractivity contribution < 1.29 is 19.1 Å². The van der Waals surface area contributed by atoms with Gasteiger partial charge in [-0.1, -0.05) is 0 Å². The Hall–Kier alpha value is -0.740. The number of hydrogen-bond acceptors (Lipinski definition) is 4. The topological polar surface area (TPSA) is 52.6 Å². The summed E-state index contributed by atoms with van der Waals surface area (Å²) in [5, 5.41) is 0. The molecule has 0 N–H and O–H groups in total. The van der Waals surface area contributed by atoms with Crippen LogP contribution in [0.3, 0.4) is 0 Å². The van der Waals surface area contributed by atoms with Crippen LogP contribution in [-0.4, -0.2) is 36.5 Å². The van der Waals surface area contributed by atoms with Crippen LogP contribution in [-0.2, 0) is 19.1 Å². The van der Waals surface area contributed by atoms with Gasteiger partial charge in [0.25, 0.3) is 0 Å². The molecule has 0 aliphatic carbocycles. The summed E-state index contributed by atoms with van der Waals surface area (Å²) in [4.78, 5) is 23.0. The first-order valence-corrected chi connectivity index (χ1v) is 4.57. The minimum atomic E-state index is -0.980. The Morgan fingerprint density at radius 2 is 1.86 bits per heavy atom. The molecular formula is C10H16O4. The average molecular weight is 200 g/mol. The highest BCUT2D eigenvalue weighted by Gasteiger charge is 2.48. The van der Waals surface area contributed by atoms with Gasteiger partial charge in [-0.2, -0.15) is 0 Å². The van der Waals surface area contributed by atoms with Crippen molar-refractivity contribution in [3.63, 3.8) is 0 Å². The van der Waals surface area contributed by atoms with E-state index in [1.54, 1.807) is 20.8 Å². The first-order valence-electron chi connectivity index (χ1n) is 4.57. The number of carbonyl (C=O) groups excluding carboxylic acids is 2. The molecule has 0 aromatic carbocycles. The van der Waals surface area contributed by atoms with Crippen LogP contribution < -0.4 is 0 Å². The third kappa shape index (κ3) is 1.86. The Morgan fingerprint density at radius 3 is 2.36 bits per heavy atom. The first-order chi connectivity index (χ1) is 6.32. The highest BCUT2D eigenvalue weighted by Crippen LogP contribution is 2.30. The quantitative estimate of drug-likeness (QED) is 0.616. The van der Waals surface area contributed by atoms with Crippen molar-refractivity contribution in [1.82, 2.24) is 0 Å². The number of methoxy groups -OCH3 is 1. The molecule has 0 bridgehead atoms. The third-order valence-electron chi connectivity index (χ3n) is 2.48. The van der Waals surface area contributed by atoms with E-state index in [-0.39, 0.29) is 24.6 Å². The molecule has 1 aliphatic rings. The van der Waals surface area contributed by atoms with Gasteiger partial charge < -0.3 is 9.47 Å². The highest BCUT2D eigenvalue weighted by atomic mass is 16.6. The van der Waals surface area contributed by atoms with Crippen LogP contribution >= 0.6 is 0 Å². The lowest BCUT2D eigenvalue weighted by Crippen LogP contribution is -2.57. The molecule has 80 valence electrons. The molecule has 4 heteroatoms. The number of ketones is 2. The fraction of sp³-hybridized carbons (Fsp3) is 0.800. The van der Waals surface area contributed by atoms with Crippen LogP contribution in [0.15, 0.2) is 0 Å². The van der Waals surface area contributed by atoms with Gasteiger partial charge in [0.15, 0.2) is 11.6 Å². The molecule has 0 spiro atoms. The standard InChI is InChI=1S/C10H16O4/c1-9(2)7(11)5-8(12)10(3,14-9)6-13-4/h5-6H2,1-4H3. The van der Waals surface area contributed by atoms with Gasteiger partial charge in [0.1, 0.15) is 11.2 Å². The molecule has 1 unspecified atom stereocenters. The van der Waals surface area contributed by atoms with E-state index in [2.05, 4.69) is 0 Å². The number of ether oxygens (including phenoxy) is 2. The number of carbonyl (C=O) groups is 2. The number of Topliss-reactive ketones (excluding diaryl/α,β-unsaturated/α-hetero) is 2. The minimum absolute atomic E-state index is 0.0626. The minimum Gasteiger partial charge on any atom is -0.381 e. The molecule has 4 nitrogen and oxygen atoms in total. The van der Waals surface area contributed by atoms with Crippen LogP contribution in [0.25, 0.3) is 0 Å². The Morgan fingerprint density at radius 1 is 1.29 bits per heavy atom. The summed E-state index contributed by atoms with van der Waals surface area (Å²) < 4.78 is 10.4. The molecule has 0 saturated carbocycles. The van der Waals surface area contributed by atoms with Crippen LogP contribution in [0.1, 0.15) is 27.2 Å². The summed E-state index contributed by atoms with van der Waals surface area (Å²) >= 11 is 0. The summed E-state index contributed by atoms with van der Waals surface area (Å²) in [6, 6.07) is 0. The van der Waals surface area contributed by atoms with E-state index in [1.807, 2.05) is 0 Å². The van der Waals surface area contributed by atoms with E-state index >= 15 is 0 Å². The van der Waals surface area contributed by atoms with Gasteiger partial charge in [0, 0.05) is 7.11 Å². The summed E-state index contributed by atoms with van der Waals surface area (Å²) in [7, 11) is 1.51. The lowest BCUT2D eigenvalue weighted by molar-refractivity contribution is -0.193. The number of hydrogen-bond donors (Lipinski definition) is 0. The Labute approximate surface area is 83.6 Å². The molecule has 1 fully saturated rings. The predicted molar refractivity (Wildman–Crippen MR) is 50.1 cm³/mol. The van der Waals surface area contributed by atoms with Crippen LogP contribution in [0.5, 0.6) is 0 Å². The summed E-state index contributed by atoms with van der Waals surface area (Å²) in [5.41, 5.74) is -1.87. The maximum absolute atomic E-state index is 11.6. The Balaban J connectivity index is 2.90. The van der Waals surface area contributed by atoms with Gasteiger partial charge in [0.05, 0.1) is 13.0 Å². The fourth-order valence-electron chi connectivity index (χ4n) is 1.61. The van der Waals surface area contributed by atoms with Crippen molar-refractivity contribution in [1.29, 1.82) is 0 Å². The summed E-state index contributed by atoms with van der Waals surface area (Å²) in [6.45, 7) is 5.20. The number of rotatable bonds is 2. The largest absolute Gasteiger partial charge is 0.381 e. The van der Waals surface area contributed by atoms with Crippen molar-refractivity contribution in [2.75, 3.05) is 13.7 Å². The van der Waals surface area contributed by atoms with Gasteiger partial charge in [-0.05, 0) is 20.8 Å². The second kappa shape index (κ2) is 3.44. The van der Waals surface area contributed by atoms with Gasteiger partial charge in [-0.3, -0.25) is 9.59 Å². The molecule has 14 heavy (non-hydrogen) atoms. The Kier molecular flexibility index (Phi) is 2.78. The van der Waals surface area contributed by atoms with E-state index in [0.29, 0.717) is 0 Å². The van der Waals surface area contributed by atoms with Gasteiger partial charge >= 0.3 is 0 Å². The predicted octanol–water partition coefficient (Wildman–Crippen LogP) is 0.729. The normalized spacial score (nSPS) is 32.0. The maximum atomic E-state index is 11.6. The highest BCUT2D eigenvalue weighted by molar-refractivity contribution is 6.08. The lowest BCUT2D eigenvalue weighted by Gasteiger charge is -2.40.